The molecular formula is C9H15ClO4. The molecule has 0 bridgehead atoms. The summed E-state index contributed by atoms with van der Waals surface area (Å²) in [6.45, 7) is 3.49. The lowest BCUT2D eigenvalue weighted by Gasteiger charge is -2.23. The molecular weight excluding hydrogens is 208 g/mol. The summed E-state index contributed by atoms with van der Waals surface area (Å²) < 4.78 is 5.04. The lowest BCUT2D eigenvalue weighted by Crippen LogP contribution is -2.28. The number of carboxylic acids is 1. The smallest absolute Gasteiger partial charge is 0.306 e. The van der Waals surface area contributed by atoms with Crippen molar-refractivity contribution in [1.82, 2.24) is 0 Å². The average Bonchev–Trinajstić information content (AvgIpc) is 1.99. The molecule has 0 saturated heterocycles. The highest BCUT2D eigenvalue weighted by Gasteiger charge is 2.22. The van der Waals surface area contributed by atoms with Crippen molar-refractivity contribution in [1.29, 1.82) is 0 Å². The summed E-state index contributed by atoms with van der Waals surface area (Å²) in [5, 5.41) is 8.34. The Morgan fingerprint density at radius 1 is 1.36 bits per heavy atom. The number of carboxylic acid groups (broad SMARTS) is 1. The fraction of sp³-hybridized carbons (Fsp3) is 0.778. The number of hydrogen-bond acceptors (Lipinski definition) is 3. The van der Waals surface area contributed by atoms with Crippen molar-refractivity contribution in [3.05, 3.63) is 0 Å². The quantitative estimate of drug-likeness (QED) is 0.550. The van der Waals surface area contributed by atoms with Crippen molar-refractivity contribution in [2.75, 3.05) is 5.88 Å². The maximum absolute atomic E-state index is 11.1. The summed E-state index contributed by atoms with van der Waals surface area (Å²) in [6, 6.07) is 0. The number of alkyl halides is 1. The molecule has 0 aliphatic carbocycles. The van der Waals surface area contributed by atoms with E-state index in [1.807, 2.05) is 0 Å². The first kappa shape index (κ1) is 13.2. The third-order valence-electron chi connectivity index (χ3n) is 1.63. The second kappa shape index (κ2) is 5.86. The zero-order valence-electron chi connectivity index (χ0n) is 8.38. The van der Waals surface area contributed by atoms with E-state index in [0.29, 0.717) is 12.3 Å². The third kappa shape index (κ3) is 6.71. The van der Waals surface area contributed by atoms with E-state index in [1.54, 1.807) is 13.8 Å². The van der Waals surface area contributed by atoms with Crippen LogP contribution in [0, 0.1) is 0 Å². The fourth-order valence-electron chi connectivity index (χ4n) is 0.847. The van der Waals surface area contributed by atoms with Crippen LogP contribution in [0.5, 0.6) is 0 Å². The van der Waals surface area contributed by atoms with E-state index in [0.717, 1.165) is 0 Å². The molecule has 0 aromatic rings. The minimum atomic E-state index is -1.00. The molecule has 0 aliphatic rings. The van der Waals surface area contributed by atoms with Gasteiger partial charge in [0.05, 0.1) is 12.8 Å². The minimum Gasteiger partial charge on any atom is -0.481 e. The monoisotopic (exact) mass is 222 g/mol. The molecule has 0 spiro atoms. The Balaban J connectivity index is 3.86. The minimum absolute atomic E-state index is 0.0962. The van der Waals surface area contributed by atoms with E-state index in [9.17, 15) is 9.59 Å². The predicted molar refractivity (Wildman–Crippen MR) is 52.4 cm³/mol. The second-order valence-corrected chi connectivity index (χ2v) is 3.94. The van der Waals surface area contributed by atoms with E-state index < -0.39 is 17.5 Å². The molecule has 0 heterocycles. The molecule has 1 N–H and O–H groups in total. The van der Waals surface area contributed by atoms with Gasteiger partial charge in [-0.1, -0.05) is 0 Å². The first-order chi connectivity index (χ1) is 6.37. The van der Waals surface area contributed by atoms with Gasteiger partial charge in [-0.15, -0.1) is 11.6 Å². The Morgan fingerprint density at radius 3 is 2.36 bits per heavy atom. The van der Waals surface area contributed by atoms with Gasteiger partial charge in [0.2, 0.25) is 0 Å². The summed E-state index contributed by atoms with van der Waals surface area (Å²) in [5.41, 5.74) is -0.614. The van der Waals surface area contributed by atoms with Crippen LogP contribution in [0.4, 0.5) is 0 Å². The van der Waals surface area contributed by atoms with Crippen molar-refractivity contribution >= 4 is 23.5 Å². The topological polar surface area (TPSA) is 63.6 Å². The molecule has 5 heteroatoms. The molecule has 0 saturated carbocycles. The van der Waals surface area contributed by atoms with Gasteiger partial charge in [0.25, 0.3) is 0 Å². The third-order valence-corrected chi connectivity index (χ3v) is 1.82. The normalized spacial score (nSPS) is 11.1. The van der Waals surface area contributed by atoms with Crippen molar-refractivity contribution in [3.63, 3.8) is 0 Å². The van der Waals surface area contributed by atoms with E-state index in [2.05, 4.69) is 0 Å². The molecule has 0 atom stereocenters. The van der Waals surface area contributed by atoms with E-state index in [1.165, 1.54) is 0 Å². The first-order valence-electron chi connectivity index (χ1n) is 4.37. The van der Waals surface area contributed by atoms with Gasteiger partial charge in [-0.05, 0) is 13.8 Å². The van der Waals surface area contributed by atoms with Crippen LogP contribution < -0.4 is 0 Å². The number of ether oxygens (including phenoxy) is 1. The van der Waals surface area contributed by atoms with Gasteiger partial charge in [-0.2, -0.15) is 0 Å². The molecule has 0 amide bonds. The second-order valence-electron chi connectivity index (χ2n) is 3.57. The Hall–Kier alpha value is -0.770. The van der Waals surface area contributed by atoms with Gasteiger partial charge in [-0.25, -0.2) is 0 Å². The zero-order chi connectivity index (χ0) is 11.2. The van der Waals surface area contributed by atoms with Gasteiger partial charge in [0.1, 0.15) is 5.60 Å². The van der Waals surface area contributed by atoms with E-state index in [4.69, 9.17) is 21.4 Å². The number of esters is 1. The fourth-order valence-corrected chi connectivity index (χ4v) is 1.30. The molecule has 0 radical (unpaired) electrons. The van der Waals surface area contributed by atoms with Crippen molar-refractivity contribution in [3.8, 4) is 0 Å². The van der Waals surface area contributed by atoms with Crippen LogP contribution in [0.25, 0.3) is 0 Å². The van der Waals surface area contributed by atoms with Gasteiger partial charge in [0, 0.05) is 12.3 Å². The Kier molecular flexibility index (Phi) is 5.53. The summed E-state index contributed by atoms with van der Waals surface area (Å²) in [4.78, 5) is 21.3. The molecule has 0 rings (SSSR count). The molecule has 0 aromatic carbocycles. The summed E-state index contributed by atoms with van der Waals surface area (Å²) >= 11 is 5.51. The van der Waals surface area contributed by atoms with Gasteiger partial charge in [0.15, 0.2) is 0 Å². The van der Waals surface area contributed by atoms with Crippen LogP contribution in [0.2, 0.25) is 0 Å². The zero-order valence-corrected chi connectivity index (χ0v) is 9.13. The number of carbonyl (C=O) groups excluding carboxylic acids is 1. The molecule has 0 fully saturated rings. The molecule has 14 heavy (non-hydrogen) atoms. The van der Waals surface area contributed by atoms with Crippen LogP contribution in [0.15, 0.2) is 0 Å². The van der Waals surface area contributed by atoms with Crippen LogP contribution >= 0.6 is 11.6 Å². The van der Waals surface area contributed by atoms with Crippen molar-refractivity contribution in [2.45, 2.75) is 38.7 Å². The highest BCUT2D eigenvalue weighted by molar-refractivity contribution is 6.17. The largest absolute Gasteiger partial charge is 0.481 e. The number of halogens is 1. The number of rotatable bonds is 6. The Labute approximate surface area is 88.2 Å². The number of carbonyl (C=O) groups is 2. The average molecular weight is 223 g/mol. The highest BCUT2D eigenvalue weighted by atomic mass is 35.5. The van der Waals surface area contributed by atoms with Crippen LogP contribution in [0.1, 0.15) is 33.1 Å². The van der Waals surface area contributed by atoms with E-state index >= 15 is 0 Å². The van der Waals surface area contributed by atoms with Gasteiger partial charge >= 0.3 is 11.9 Å². The number of hydrogen-bond donors (Lipinski definition) is 1. The molecule has 4 nitrogen and oxygen atoms in total. The maximum Gasteiger partial charge on any atom is 0.306 e. The molecule has 0 unspecified atom stereocenters. The highest BCUT2D eigenvalue weighted by Crippen LogP contribution is 2.16. The van der Waals surface area contributed by atoms with Gasteiger partial charge < -0.3 is 9.84 Å². The Bertz CT molecular complexity index is 213. The lowest BCUT2D eigenvalue weighted by atomic mass is 10.1. The summed E-state index contributed by atoms with van der Waals surface area (Å²) in [6.07, 6.45) is 0.254. The Morgan fingerprint density at radius 2 is 1.93 bits per heavy atom. The van der Waals surface area contributed by atoms with Crippen LogP contribution in [-0.2, 0) is 14.3 Å². The molecule has 0 aliphatic heterocycles. The molecule has 0 aromatic heterocycles. The summed E-state index contributed by atoms with van der Waals surface area (Å²) in [5.74, 6) is -1.10. The van der Waals surface area contributed by atoms with Gasteiger partial charge in [-0.3, -0.25) is 9.59 Å². The lowest BCUT2D eigenvalue weighted by molar-refractivity contribution is -0.158. The number of aliphatic carboxylic acids is 1. The van der Waals surface area contributed by atoms with Crippen molar-refractivity contribution < 1.29 is 19.4 Å². The van der Waals surface area contributed by atoms with Crippen molar-refractivity contribution in [2.24, 2.45) is 0 Å². The predicted octanol–water partition coefficient (Wildman–Crippen LogP) is 1.80. The standard InChI is InChI=1S/C9H15ClO4/c1-9(2,5-6-10)14-8(13)4-3-7(11)12/h3-6H2,1-2H3,(H,11,12). The SMILES string of the molecule is CC(C)(CCCl)OC(=O)CCC(=O)O. The van der Waals surface area contributed by atoms with Crippen LogP contribution in [0.3, 0.4) is 0 Å². The van der Waals surface area contributed by atoms with Crippen LogP contribution in [-0.4, -0.2) is 28.5 Å². The molecule has 82 valence electrons. The van der Waals surface area contributed by atoms with E-state index in [-0.39, 0.29) is 12.8 Å². The maximum atomic E-state index is 11.1. The summed E-state index contributed by atoms with van der Waals surface area (Å²) in [7, 11) is 0. The first-order valence-corrected chi connectivity index (χ1v) is 4.90.